The maximum Gasteiger partial charge on any atom is 4.00 e. The number of unbranched alkanes of at least 4 members (excludes halogenated alkanes) is 3. The first-order valence-electron chi connectivity index (χ1n) is 16.1. The van der Waals surface area contributed by atoms with Gasteiger partial charge in [0.15, 0.2) is 0 Å². The van der Waals surface area contributed by atoms with Gasteiger partial charge in [0.1, 0.15) is 0 Å². The minimum atomic E-state index is -2.01. The Labute approximate surface area is 293 Å². The fraction of sp³-hybridized carbons (Fsp3) is 0.256. The van der Waals surface area contributed by atoms with E-state index in [9.17, 15) is 0 Å². The number of benzene rings is 4. The van der Waals surface area contributed by atoms with Gasteiger partial charge >= 0.3 is 25.8 Å². The van der Waals surface area contributed by atoms with Crippen LogP contribution in [-0.2, 0) is 38.7 Å². The van der Waals surface area contributed by atoms with Crippen molar-refractivity contribution in [3.63, 3.8) is 0 Å². The number of aryl methyl sites for hydroxylation is 2. The summed E-state index contributed by atoms with van der Waals surface area (Å²) >= 11 is 0. The van der Waals surface area contributed by atoms with Crippen LogP contribution in [0.2, 0.25) is 12.6 Å². The molecule has 0 N–H and O–H groups in total. The average molecular weight is 773 g/mol. The van der Waals surface area contributed by atoms with Gasteiger partial charge in [0.25, 0.3) is 0 Å². The second kappa shape index (κ2) is 16.1. The first kappa shape index (κ1) is 36.7. The minimum Gasteiger partial charge on any atom is -0.358 e. The number of hydrogen-bond donors (Lipinski definition) is 0. The van der Waals surface area contributed by atoms with Gasteiger partial charge in [0, 0.05) is 0 Å². The molecule has 0 aromatic heterocycles. The molecule has 2 heteroatoms. The third-order valence-corrected chi connectivity index (χ3v) is 14.2. The molecule has 0 amide bonds. The van der Waals surface area contributed by atoms with Gasteiger partial charge in [-0.05, 0) is 35.1 Å². The Morgan fingerprint density at radius 1 is 0.533 bits per heavy atom. The smallest absolute Gasteiger partial charge is 0.358 e. The Kier molecular flexibility index (Phi) is 13.2. The van der Waals surface area contributed by atoms with E-state index in [0.717, 1.165) is 12.8 Å². The molecule has 0 unspecified atom stereocenters. The van der Waals surface area contributed by atoms with Crippen LogP contribution >= 0.6 is 0 Å². The molecule has 6 rings (SSSR count). The van der Waals surface area contributed by atoms with Crippen LogP contribution in [0, 0.1) is 14.9 Å². The van der Waals surface area contributed by atoms with Crippen molar-refractivity contribution in [1.29, 1.82) is 0 Å². The second-order valence-corrected chi connectivity index (χ2v) is 16.6. The maximum atomic E-state index is 2.64. The zero-order chi connectivity index (χ0) is 29.1. The van der Waals surface area contributed by atoms with E-state index >= 15 is 0 Å². The predicted molar refractivity (Wildman–Crippen MR) is 201 cm³/mol. The predicted octanol–water partition coefficient (Wildman–Crippen LogP) is 11.6. The summed E-state index contributed by atoms with van der Waals surface area (Å²) in [5.74, 6) is 0. The van der Waals surface area contributed by atoms with Crippen molar-refractivity contribution in [2.45, 2.75) is 71.9 Å². The van der Waals surface area contributed by atoms with Crippen LogP contribution in [0.1, 0.15) is 57.6 Å². The molecule has 230 valence electrons. The molecular weight excluding hydrogens is 723 g/mol. The van der Waals surface area contributed by atoms with Crippen molar-refractivity contribution in [2.24, 2.45) is 0 Å². The molecule has 0 atom stereocenters. The van der Waals surface area contributed by atoms with E-state index in [0.29, 0.717) is 0 Å². The Bertz CT molecular complexity index is 1690. The van der Waals surface area contributed by atoms with Gasteiger partial charge in [-0.2, -0.15) is 12.1 Å². The molecule has 0 nitrogen and oxygen atoms in total. The largest absolute Gasteiger partial charge is 4.00 e. The van der Waals surface area contributed by atoms with Crippen molar-refractivity contribution in [1.82, 2.24) is 0 Å². The standard InChI is InChI=1S/C41H44Si.2CH3.Hf/c1-5-8-9-14-25-42(4,34-26-32-19-15-23-38(40(32)28-34)36-21-12-10-17-30(36)6-2)35-27-33-20-16-24-39(41(33)29-35)37-22-13-11-18-31(37)7-3;;;/h10-13,15-24,26-29H,5-9,14,25H2,1-4H3;2*1H3;/q-2;2*-1;+4. The van der Waals surface area contributed by atoms with Crippen molar-refractivity contribution in [3.05, 3.63) is 135 Å². The van der Waals surface area contributed by atoms with Gasteiger partial charge in [0.05, 0.1) is 8.07 Å². The molecule has 6 aromatic rings. The molecule has 0 fully saturated rings. The third kappa shape index (κ3) is 7.13. The molecule has 0 aliphatic heterocycles. The van der Waals surface area contributed by atoms with E-state index in [1.54, 1.807) is 10.4 Å². The number of fused-ring (bicyclic) bond motifs is 2. The molecule has 0 saturated carbocycles. The molecule has 0 heterocycles. The Balaban J connectivity index is 0.00000184. The molecular formula is C43H50HfSi. The van der Waals surface area contributed by atoms with Crippen molar-refractivity contribution in [2.75, 3.05) is 0 Å². The first-order chi connectivity index (χ1) is 20.6. The Morgan fingerprint density at radius 3 is 1.42 bits per heavy atom. The van der Waals surface area contributed by atoms with Crippen LogP contribution in [0.25, 0.3) is 43.8 Å². The van der Waals surface area contributed by atoms with Crippen LogP contribution in [0.4, 0.5) is 0 Å². The van der Waals surface area contributed by atoms with E-state index in [2.05, 4.69) is 137 Å². The maximum absolute atomic E-state index is 2.64. The summed E-state index contributed by atoms with van der Waals surface area (Å²) < 4.78 is 0. The van der Waals surface area contributed by atoms with Crippen molar-refractivity contribution >= 4 is 40.0 Å². The zero-order valence-corrected chi connectivity index (χ0v) is 32.9. The van der Waals surface area contributed by atoms with E-state index in [1.807, 2.05) is 0 Å². The molecule has 45 heavy (non-hydrogen) atoms. The number of rotatable bonds is 11. The fourth-order valence-electron chi connectivity index (χ4n) is 7.12. The van der Waals surface area contributed by atoms with Gasteiger partial charge in [-0.3, -0.25) is 0 Å². The van der Waals surface area contributed by atoms with Gasteiger partial charge in [-0.1, -0.05) is 131 Å². The van der Waals surface area contributed by atoms with E-state index in [-0.39, 0.29) is 40.7 Å². The van der Waals surface area contributed by atoms with Crippen LogP contribution in [0.3, 0.4) is 0 Å². The molecule has 0 spiro atoms. The molecule has 0 aliphatic carbocycles. The van der Waals surface area contributed by atoms with Crippen molar-refractivity contribution in [3.8, 4) is 22.3 Å². The summed E-state index contributed by atoms with van der Waals surface area (Å²) in [6.07, 6.45) is 7.33. The van der Waals surface area contributed by atoms with Crippen LogP contribution < -0.4 is 10.4 Å². The first-order valence-corrected chi connectivity index (χ1v) is 18.8. The van der Waals surface area contributed by atoms with E-state index in [1.165, 1.54) is 86.7 Å². The van der Waals surface area contributed by atoms with Gasteiger partial charge in [-0.25, -0.2) is 0 Å². The summed E-state index contributed by atoms with van der Waals surface area (Å²) in [5, 5.41) is 8.76. The number of hydrogen-bond acceptors (Lipinski definition) is 0. The van der Waals surface area contributed by atoms with Gasteiger partial charge < -0.3 is 14.9 Å². The van der Waals surface area contributed by atoms with E-state index in [4.69, 9.17) is 0 Å². The van der Waals surface area contributed by atoms with Crippen molar-refractivity contribution < 1.29 is 25.8 Å². The summed E-state index contributed by atoms with van der Waals surface area (Å²) in [6, 6.07) is 43.3. The van der Waals surface area contributed by atoms with E-state index < -0.39 is 8.07 Å². The SMILES string of the molecule is CCCCCC[Si](C)(c1cc2c(-c3ccccc3CC)cccc2[cH-]1)c1cc2c(-c3ccccc3CC)cccc2[cH-]1.[CH3-].[CH3-].[Hf+4]. The molecule has 0 saturated heterocycles. The topological polar surface area (TPSA) is 0 Å². The average Bonchev–Trinajstić information content (AvgIpc) is 3.69. The molecule has 0 radical (unpaired) electrons. The quantitative estimate of drug-likeness (QED) is 0.0699. The molecule has 0 aliphatic rings. The minimum absolute atomic E-state index is 0. The summed E-state index contributed by atoms with van der Waals surface area (Å²) in [6.45, 7) is 9.49. The Hall–Kier alpha value is -2.81. The monoisotopic (exact) mass is 774 g/mol. The van der Waals surface area contributed by atoms with Crippen LogP contribution in [-0.4, -0.2) is 8.07 Å². The summed E-state index contributed by atoms with van der Waals surface area (Å²) in [4.78, 5) is 0. The molecule has 0 bridgehead atoms. The summed E-state index contributed by atoms with van der Waals surface area (Å²) in [5.41, 5.74) is 8.37. The molecule has 6 aromatic carbocycles. The third-order valence-electron chi connectivity index (χ3n) is 9.68. The van der Waals surface area contributed by atoms with Gasteiger partial charge in [-0.15, -0.1) is 68.3 Å². The summed E-state index contributed by atoms with van der Waals surface area (Å²) in [7, 11) is -2.01. The normalized spacial score (nSPS) is 11.2. The Morgan fingerprint density at radius 2 is 0.978 bits per heavy atom. The fourth-order valence-corrected chi connectivity index (χ4v) is 10.9. The van der Waals surface area contributed by atoms with Crippen LogP contribution in [0.5, 0.6) is 0 Å². The van der Waals surface area contributed by atoms with Crippen LogP contribution in [0.15, 0.2) is 109 Å². The van der Waals surface area contributed by atoms with Gasteiger partial charge in [0.2, 0.25) is 0 Å². The zero-order valence-electron chi connectivity index (χ0n) is 28.3. The second-order valence-electron chi connectivity index (χ2n) is 12.3.